The van der Waals surface area contributed by atoms with Gasteiger partial charge in [-0.15, -0.1) is 0 Å². The quantitative estimate of drug-likeness (QED) is 0.276. The van der Waals surface area contributed by atoms with Crippen LogP contribution in [0.25, 0.3) is 0 Å². The summed E-state index contributed by atoms with van der Waals surface area (Å²) < 4.78 is 17.4. The van der Waals surface area contributed by atoms with Gasteiger partial charge in [-0.1, -0.05) is 56.3 Å². The van der Waals surface area contributed by atoms with E-state index in [2.05, 4.69) is 47.4 Å². The van der Waals surface area contributed by atoms with Gasteiger partial charge < -0.3 is 24.0 Å². The average Bonchev–Trinajstić information content (AvgIpc) is 2.99. The van der Waals surface area contributed by atoms with Crippen molar-refractivity contribution in [2.24, 2.45) is 5.92 Å². The number of anilines is 1. The second kappa shape index (κ2) is 13.5. The fraction of sp³-hybridized carbons (Fsp3) is 0.424. The molecule has 1 aliphatic rings. The average molecular weight is 531 g/mol. The molecule has 39 heavy (non-hydrogen) atoms. The monoisotopic (exact) mass is 530 g/mol. The van der Waals surface area contributed by atoms with Crippen LogP contribution in [-0.4, -0.2) is 51.7 Å². The van der Waals surface area contributed by atoms with Gasteiger partial charge in [0.05, 0.1) is 14.2 Å². The first-order valence-electron chi connectivity index (χ1n) is 13.9. The number of carbonyl (C=O) groups excluding carboxylic acids is 1. The number of benzene rings is 3. The first-order valence-corrected chi connectivity index (χ1v) is 13.9. The fourth-order valence-electron chi connectivity index (χ4n) is 5.31. The Morgan fingerprint density at radius 2 is 1.64 bits per heavy atom. The summed E-state index contributed by atoms with van der Waals surface area (Å²) in [5.74, 6) is 2.75. The van der Waals surface area contributed by atoms with Crippen LogP contribution in [0.1, 0.15) is 56.3 Å². The molecule has 0 N–H and O–H groups in total. The highest BCUT2D eigenvalue weighted by Crippen LogP contribution is 2.35. The second-order valence-corrected chi connectivity index (χ2v) is 10.6. The molecule has 0 saturated carbocycles. The number of piperidine rings is 1. The zero-order valence-electron chi connectivity index (χ0n) is 23.9. The Balaban J connectivity index is 1.37. The topological polar surface area (TPSA) is 51.2 Å². The first-order chi connectivity index (χ1) is 18.9. The number of carbonyl (C=O) groups is 1. The molecule has 1 amide bonds. The molecule has 0 radical (unpaired) electrons. The zero-order chi connectivity index (χ0) is 27.8. The van der Waals surface area contributed by atoms with Gasteiger partial charge in [-0.3, -0.25) is 4.79 Å². The molecule has 3 aromatic carbocycles. The number of likely N-dealkylation sites (tertiary alicyclic amines) is 1. The molecule has 6 heteroatoms. The highest BCUT2D eigenvalue weighted by atomic mass is 16.5. The minimum Gasteiger partial charge on any atom is -0.493 e. The van der Waals surface area contributed by atoms with Crippen LogP contribution in [-0.2, 0) is 4.79 Å². The van der Waals surface area contributed by atoms with Crippen LogP contribution in [0, 0.1) is 5.92 Å². The second-order valence-electron chi connectivity index (χ2n) is 10.6. The number of methoxy groups -OCH3 is 2. The van der Waals surface area contributed by atoms with Crippen molar-refractivity contribution >= 4 is 11.6 Å². The third kappa shape index (κ3) is 7.33. The summed E-state index contributed by atoms with van der Waals surface area (Å²) in [7, 11) is 5.15. The lowest BCUT2D eigenvalue weighted by Crippen LogP contribution is -2.35. The van der Waals surface area contributed by atoms with E-state index in [9.17, 15) is 4.79 Å². The lowest BCUT2D eigenvalue weighted by Gasteiger charge is -2.33. The molecule has 208 valence electrons. The number of amides is 1. The van der Waals surface area contributed by atoms with Crippen LogP contribution < -0.4 is 19.1 Å². The fourth-order valence-corrected chi connectivity index (χ4v) is 5.31. The van der Waals surface area contributed by atoms with E-state index in [1.807, 2.05) is 51.2 Å². The maximum atomic E-state index is 12.5. The lowest BCUT2D eigenvalue weighted by molar-refractivity contribution is -0.121. The van der Waals surface area contributed by atoms with E-state index in [1.165, 1.54) is 11.1 Å². The molecular weight excluding hydrogens is 488 g/mol. The van der Waals surface area contributed by atoms with E-state index < -0.39 is 0 Å². The number of rotatable bonds is 11. The van der Waals surface area contributed by atoms with Crippen molar-refractivity contribution in [3.8, 4) is 17.2 Å². The summed E-state index contributed by atoms with van der Waals surface area (Å²) in [6, 6.07) is 24.6. The maximum Gasteiger partial charge on any atom is 0.229 e. The van der Waals surface area contributed by atoms with Gasteiger partial charge >= 0.3 is 0 Å². The molecule has 1 heterocycles. The van der Waals surface area contributed by atoms with E-state index in [0.29, 0.717) is 17.4 Å². The normalized spacial score (nSPS) is 15.1. The molecule has 4 rings (SSSR count). The van der Waals surface area contributed by atoms with Crippen molar-refractivity contribution in [1.29, 1.82) is 0 Å². The number of hydrogen-bond acceptors (Lipinski definition) is 5. The van der Waals surface area contributed by atoms with E-state index in [1.54, 1.807) is 19.1 Å². The Bertz CT molecular complexity index is 1210. The first kappa shape index (κ1) is 28.5. The third-order valence-corrected chi connectivity index (χ3v) is 7.65. The Labute approximate surface area is 233 Å². The van der Waals surface area contributed by atoms with Crippen molar-refractivity contribution < 1.29 is 19.0 Å². The van der Waals surface area contributed by atoms with E-state index in [4.69, 9.17) is 14.2 Å². The van der Waals surface area contributed by atoms with Gasteiger partial charge in [0.1, 0.15) is 11.9 Å². The molecule has 3 aromatic rings. The van der Waals surface area contributed by atoms with Crippen molar-refractivity contribution in [2.45, 2.75) is 45.1 Å². The summed E-state index contributed by atoms with van der Waals surface area (Å²) >= 11 is 0. The Morgan fingerprint density at radius 3 is 2.31 bits per heavy atom. The van der Waals surface area contributed by atoms with Crippen LogP contribution >= 0.6 is 0 Å². The van der Waals surface area contributed by atoms with Crippen LogP contribution in [0.3, 0.4) is 0 Å². The Hall–Kier alpha value is -3.51. The van der Waals surface area contributed by atoms with E-state index >= 15 is 0 Å². The van der Waals surface area contributed by atoms with Gasteiger partial charge in [-0.2, -0.15) is 0 Å². The van der Waals surface area contributed by atoms with Gasteiger partial charge in [0, 0.05) is 37.7 Å². The van der Waals surface area contributed by atoms with Crippen LogP contribution in [0.15, 0.2) is 72.8 Å². The van der Waals surface area contributed by atoms with Gasteiger partial charge in [0.25, 0.3) is 0 Å². The van der Waals surface area contributed by atoms with Gasteiger partial charge in [-0.25, -0.2) is 0 Å². The van der Waals surface area contributed by atoms with Crippen molar-refractivity contribution in [2.75, 3.05) is 45.8 Å². The maximum absolute atomic E-state index is 12.5. The molecule has 0 bridgehead atoms. The molecule has 0 aromatic heterocycles. The largest absolute Gasteiger partial charge is 0.493 e. The van der Waals surface area contributed by atoms with Crippen LogP contribution in [0.2, 0.25) is 0 Å². The summed E-state index contributed by atoms with van der Waals surface area (Å²) in [4.78, 5) is 16.8. The zero-order valence-corrected chi connectivity index (χ0v) is 23.9. The molecule has 1 fully saturated rings. The van der Waals surface area contributed by atoms with Crippen molar-refractivity contribution in [3.63, 3.8) is 0 Å². The molecule has 1 atom stereocenters. The molecule has 6 nitrogen and oxygen atoms in total. The smallest absolute Gasteiger partial charge is 0.229 e. The molecule has 0 aliphatic carbocycles. The van der Waals surface area contributed by atoms with E-state index in [0.717, 1.165) is 50.3 Å². The van der Waals surface area contributed by atoms with Crippen molar-refractivity contribution in [3.05, 3.63) is 83.9 Å². The van der Waals surface area contributed by atoms with E-state index in [-0.39, 0.29) is 17.9 Å². The predicted octanol–water partition coefficient (Wildman–Crippen LogP) is 6.71. The Morgan fingerprint density at radius 1 is 0.923 bits per heavy atom. The highest BCUT2D eigenvalue weighted by molar-refractivity contribution is 5.94. The molecule has 1 unspecified atom stereocenters. The molecular formula is C33H42N2O4. The Kier molecular flexibility index (Phi) is 9.88. The summed E-state index contributed by atoms with van der Waals surface area (Å²) in [6.45, 7) is 6.95. The van der Waals surface area contributed by atoms with Crippen LogP contribution in [0.4, 0.5) is 5.69 Å². The lowest BCUT2D eigenvalue weighted by atomic mass is 9.89. The predicted molar refractivity (Wildman–Crippen MR) is 157 cm³/mol. The third-order valence-electron chi connectivity index (χ3n) is 7.65. The van der Waals surface area contributed by atoms with Crippen molar-refractivity contribution in [1.82, 2.24) is 4.90 Å². The number of hydrogen-bond donors (Lipinski definition) is 0. The molecule has 1 saturated heterocycles. The summed E-state index contributed by atoms with van der Waals surface area (Å²) in [5.41, 5.74) is 3.47. The standard InChI is InChI=1S/C33H42N2O4/c1-24(2)33(36)34(3)28-13-9-12-27(22-28)25-16-19-35(20-17-25)21-18-30(26-10-7-6-8-11-26)39-29-14-15-31(37-4)32(23-29)38-5/h6-15,22-25,30H,16-21H2,1-5H3. The van der Waals surface area contributed by atoms with Gasteiger partial charge in [-0.05, 0) is 67.2 Å². The molecule has 0 spiro atoms. The number of ether oxygens (including phenoxy) is 3. The SMILES string of the molecule is COc1ccc(OC(CCN2CCC(c3cccc(N(C)C(=O)C(C)C)c3)CC2)c2ccccc2)cc1OC. The number of nitrogens with zero attached hydrogens (tertiary/aromatic N) is 2. The minimum atomic E-state index is -0.0623. The van der Waals surface area contributed by atoms with Gasteiger partial charge in [0.15, 0.2) is 11.5 Å². The minimum absolute atomic E-state index is 0.0164. The highest BCUT2D eigenvalue weighted by Gasteiger charge is 2.24. The van der Waals surface area contributed by atoms with Gasteiger partial charge in [0.2, 0.25) is 5.91 Å². The molecule has 1 aliphatic heterocycles. The summed E-state index contributed by atoms with van der Waals surface area (Å²) in [5, 5.41) is 0. The summed E-state index contributed by atoms with van der Waals surface area (Å²) in [6.07, 6.45) is 3.05. The van der Waals surface area contributed by atoms with Crippen LogP contribution in [0.5, 0.6) is 17.2 Å².